The molecule has 358 valence electrons. The molecule has 0 fully saturated rings. The van der Waals surface area contributed by atoms with E-state index in [9.17, 15) is 0 Å². The van der Waals surface area contributed by atoms with E-state index in [-0.39, 0.29) is 13.4 Å². The van der Waals surface area contributed by atoms with Crippen LogP contribution in [0.25, 0.3) is 121 Å². The molecule has 0 saturated carbocycles. The first-order valence-corrected chi connectivity index (χ1v) is 27.9. The smallest absolute Gasteiger partial charge is 0.252 e. The van der Waals surface area contributed by atoms with Crippen LogP contribution in [-0.2, 0) is 5.41 Å². The highest BCUT2D eigenvalue weighted by molar-refractivity contribution is 7.01. The summed E-state index contributed by atoms with van der Waals surface area (Å²) in [6.45, 7) is -0.0289. The average molecular weight is 995 g/mol. The molecule has 4 nitrogen and oxygen atoms in total. The van der Waals surface area contributed by atoms with Crippen molar-refractivity contribution in [2.75, 3.05) is 0 Å². The highest BCUT2D eigenvalue weighted by atomic mass is 15.0. The number of hydrogen-bond acceptors (Lipinski definition) is 0. The highest BCUT2D eigenvalue weighted by Gasteiger charge is 2.51. The van der Waals surface area contributed by atoms with Crippen molar-refractivity contribution in [1.82, 2.24) is 18.3 Å². The van der Waals surface area contributed by atoms with Crippen LogP contribution in [0.1, 0.15) is 22.3 Å². The molecule has 21 rings (SSSR count). The van der Waals surface area contributed by atoms with Gasteiger partial charge in [-0.2, -0.15) is 0 Å². The lowest BCUT2D eigenvalue weighted by molar-refractivity contribution is 0.769. The number of fused-ring (bicyclic) bond motifs is 27. The van der Waals surface area contributed by atoms with Crippen molar-refractivity contribution >= 4 is 133 Å². The van der Waals surface area contributed by atoms with Gasteiger partial charge in [0.15, 0.2) is 0 Å². The maximum absolute atomic E-state index is 2.70. The summed E-state index contributed by atoms with van der Waals surface area (Å²) in [6.07, 6.45) is 0. The van der Waals surface area contributed by atoms with Crippen molar-refractivity contribution in [2.45, 2.75) is 5.41 Å². The first-order chi connectivity index (χ1) is 39.3. The van der Waals surface area contributed by atoms with Crippen LogP contribution >= 0.6 is 0 Å². The van der Waals surface area contributed by atoms with E-state index in [1.807, 2.05) is 0 Å². The molecule has 0 N–H and O–H groups in total. The van der Waals surface area contributed by atoms with Gasteiger partial charge in [0.1, 0.15) is 0 Å². The lowest BCUT2D eigenvalue weighted by Crippen LogP contribution is -2.59. The number of nitrogens with zero attached hydrogens (tertiary/aromatic N) is 4. The number of hydrogen-bond donors (Lipinski definition) is 0. The minimum Gasteiger partial charge on any atom is -0.310 e. The van der Waals surface area contributed by atoms with E-state index < -0.39 is 5.41 Å². The number of benzene rings is 12. The van der Waals surface area contributed by atoms with Crippen LogP contribution in [0.5, 0.6) is 0 Å². The van der Waals surface area contributed by atoms with Crippen molar-refractivity contribution in [1.29, 1.82) is 0 Å². The Morgan fingerprint density at radius 1 is 0.253 bits per heavy atom. The summed E-state index contributed by atoms with van der Waals surface area (Å²) in [4.78, 5) is 0. The molecule has 12 aromatic carbocycles. The van der Waals surface area contributed by atoms with Gasteiger partial charge in [0.05, 0.1) is 49.5 Å². The molecule has 5 aliphatic rings. The molecule has 0 spiro atoms. The Morgan fingerprint density at radius 2 is 0.570 bits per heavy atom. The highest BCUT2D eigenvalue weighted by Crippen LogP contribution is 2.58. The molecule has 0 bridgehead atoms. The molecule has 4 aromatic heterocycles. The third kappa shape index (κ3) is 4.38. The summed E-state index contributed by atoms with van der Waals surface area (Å²) in [5, 5.41) is 10.5. The van der Waals surface area contributed by atoms with Gasteiger partial charge in [0.2, 0.25) is 0 Å². The topological polar surface area (TPSA) is 19.7 Å². The predicted molar refractivity (Wildman–Crippen MR) is 330 cm³/mol. The molecular formula is C73H40B2N4. The lowest BCUT2D eigenvalue weighted by Gasteiger charge is -2.37. The predicted octanol–water partition coefficient (Wildman–Crippen LogP) is 12.7. The average Bonchev–Trinajstić information content (AvgIpc) is 3.28. The maximum Gasteiger partial charge on any atom is 0.252 e. The second kappa shape index (κ2) is 13.6. The molecule has 0 radical (unpaired) electrons. The van der Waals surface area contributed by atoms with Crippen LogP contribution in [0.2, 0.25) is 0 Å². The van der Waals surface area contributed by atoms with Crippen LogP contribution in [0.3, 0.4) is 0 Å². The molecule has 0 atom stereocenters. The third-order valence-electron chi connectivity index (χ3n) is 19.8. The molecule has 0 amide bonds. The summed E-state index contributed by atoms with van der Waals surface area (Å²) >= 11 is 0. The Hall–Kier alpha value is -10.0. The van der Waals surface area contributed by atoms with Crippen molar-refractivity contribution in [3.05, 3.63) is 265 Å². The second-order valence-corrected chi connectivity index (χ2v) is 23.0. The van der Waals surface area contributed by atoms with E-state index in [0.29, 0.717) is 0 Å². The van der Waals surface area contributed by atoms with Crippen LogP contribution in [0.15, 0.2) is 243 Å². The second-order valence-electron chi connectivity index (χ2n) is 23.0. The fourth-order valence-corrected chi connectivity index (χ4v) is 17.0. The van der Waals surface area contributed by atoms with Crippen molar-refractivity contribution in [2.24, 2.45) is 0 Å². The standard InChI is InChI=1S/C73H40B2N4/c1-3-19-41(20-4-1)73(42-21-5-2-6-22-42)53-39-57-65(78-61-31-15-9-25-45(61)51-35-49-43-23-7-13-29-59(43)76-63-33-17-11-27-55(63)74(57)67(69(49)76)71(51)78)37-47(53)48-38-66-58(40-54(48)73)75-56-28-12-18-34-64(56)77-60-30-14-8-24-44(60)50-36-52-46-26-10-16-32-62(46)79(66)72(52)68(75)70(50)77/h1-40H. The zero-order chi connectivity index (χ0) is 50.7. The fraction of sp³-hybridized carbons (Fsp3) is 0.0137. The van der Waals surface area contributed by atoms with Crippen LogP contribution in [-0.4, -0.2) is 31.7 Å². The largest absolute Gasteiger partial charge is 0.310 e. The van der Waals surface area contributed by atoms with Crippen LogP contribution in [0.4, 0.5) is 0 Å². The molecule has 0 saturated heterocycles. The van der Waals surface area contributed by atoms with Crippen molar-refractivity contribution in [3.63, 3.8) is 0 Å². The normalized spacial score (nSPS) is 14.4. The zero-order valence-corrected chi connectivity index (χ0v) is 42.5. The molecule has 0 unspecified atom stereocenters. The van der Waals surface area contributed by atoms with Gasteiger partial charge >= 0.3 is 0 Å². The van der Waals surface area contributed by atoms with Gasteiger partial charge in [-0.3, -0.25) is 0 Å². The summed E-state index contributed by atoms with van der Waals surface area (Å²) in [5.74, 6) is 0. The first-order valence-electron chi connectivity index (χ1n) is 27.9. The quantitative estimate of drug-likeness (QED) is 0.154. The van der Waals surface area contributed by atoms with Gasteiger partial charge in [-0.05, 0) is 127 Å². The number of aromatic nitrogens is 4. The van der Waals surface area contributed by atoms with E-state index in [4.69, 9.17) is 0 Å². The molecule has 4 aliphatic heterocycles. The molecule has 16 aromatic rings. The van der Waals surface area contributed by atoms with Gasteiger partial charge < -0.3 is 18.3 Å². The molecule has 6 heteroatoms. The van der Waals surface area contributed by atoms with E-state index in [1.165, 1.54) is 176 Å². The Labute approximate surface area is 453 Å². The SMILES string of the molecule is c1ccc(C2(c3ccccc3)c3cc4c(cc3-c3cc5c(cc32)B2c3ccccc3-n3c6ccccc6c6cc7c8ccccc8n-5c7c2c63)-n2c3ccccc3c3cc5c6ccccc6n6c5c(c32)B4c2ccccc2-6)cc1. The summed E-state index contributed by atoms with van der Waals surface area (Å²) in [7, 11) is 0. The van der Waals surface area contributed by atoms with E-state index in [0.717, 1.165) is 0 Å². The third-order valence-corrected chi connectivity index (χ3v) is 19.8. The van der Waals surface area contributed by atoms with Crippen molar-refractivity contribution in [3.8, 4) is 33.9 Å². The summed E-state index contributed by atoms with van der Waals surface area (Å²) in [6, 6.07) is 93.7. The molecule has 79 heavy (non-hydrogen) atoms. The van der Waals surface area contributed by atoms with Crippen LogP contribution in [0, 0.1) is 0 Å². The van der Waals surface area contributed by atoms with Gasteiger partial charge in [-0.25, -0.2) is 0 Å². The molecular weight excluding hydrogens is 954 g/mol. The zero-order valence-electron chi connectivity index (χ0n) is 42.5. The Morgan fingerprint density at radius 3 is 0.949 bits per heavy atom. The Balaban J connectivity index is 0.956. The van der Waals surface area contributed by atoms with Gasteiger partial charge in [-0.15, -0.1) is 0 Å². The lowest BCUT2D eigenvalue weighted by atomic mass is 9.34. The molecule has 8 heterocycles. The van der Waals surface area contributed by atoms with Crippen LogP contribution < -0.4 is 32.8 Å². The monoisotopic (exact) mass is 994 g/mol. The molecule has 1 aliphatic carbocycles. The van der Waals surface area contributed by atoms with E-state index >= 15 is 0 Å². The van der Waals surface area contributed by atoms with E-state index in [2.05, 4.69) is 261 Å². The Kier molecular flexibility index (Phi) is 6.91. The first kappa shape index (κ1) is 40.3. The number of rotatable bonds is 2. The van der Waals surface area contributed by atoms with Gasteiger partial charge in [0.25, 0.3) is 13.4 Å². The van der Waals surface area contributed by atoms with Gasteiger partial charge in [0, 0.05) is 65.8 Å². The Bertz CT molecular complexity index is 5230. The minimum absolute atomic E-state index is 0.0144. The van der Waals surface area contributed by atoms with Crippen molar-refractivity contribution < 1.29 is 0 Å². The summed E-state index contributed by atoms with van der Waals surface area (Å²) in [5.41, 5.74) is 30.7. The van der Waals surface area contributed by atoms with Gasteiger partial charge in [-0.1, -0.05) is 182 Å². The minimum atomic E-state index is -0.676. The fourth-order valence-electron chi connectivity index (χ4n) is 17.0. The summed E-state index contributed by atoms with van der Waals surface area (Å²) < 4.78 is 10.5. The number of para-hydroxylation sites is 6. The van der Waals surface area contributed by atoms with E-state index in [1.54, 1.807) is 0 Å². The maximum atomic E-state index is 2.70.